The van der Waals surface area contributed by atoms with Crippen LogP contribution in [-0.4, -0.2) is 23.2 Å². The number of hydrazone groups is 1. The highest BCUT2D eigenvalue weighted by atomic mass is 16.6. The van der Waals surface area contributed by atoms with E-state index in [9.17, 15) is 15.4 Å². The lowest BCUT2D eigenvalue weighted by Crippen LogP contribution is -2.03. The van der Waals surface area contributed by atoms with Crippen LogP contribution < -0.4 is 5.43 Å². The van der Waals surface area contributed by atoms with Crippen molar-refractivity contribution in [2.45, 2.75) is 13.5 Å². The van der Waals surface area contributed by atoms with E-state index in [0.717, 1.165) is 0 Å². The molecular weight excluding hydrogens is 302 g/mol. The number of ether oxygens (including phenoxy) is 1. The fourth-order valence-electron chi connectivity index (χ4n) is 1.88. The molecule has 0 aliphatic carbocycles. The second-order valence-electron chi connectivity index (χ2n) is 4.49. The number of nitro groups is 1. The normalized spacial score (nSPS) is 10.7. The van der Waals surface area contributed by atoms with Crippen LogP contribution in [0.15, 0.2) is 27.7 Å². The molecule has 118 valence electrons. The summed E-state index contributed by atoms with van der Waals surface area (Å²) in [7, 11) is 1.53. The lowest BCUT2D eigenvalue weighted by atomic mass is 10.1. The largest absolute Gasteiger partial charge is 0.433 e. The number of rotatable bonds is 6. The van der Waals surface area contributed by atoms with Crippen molar-refractivity contribution in [3.8, 4) is 6.07 Å². The van der Waals surface area contributed by atoms with Crippen LogP contribution in [0.2, 0.25) is 0 Å². The number of aryl methyl sites for hydroxylation is 1. The predicted molar refractivity (Wildman–Crippen MR) is 81.0 cm³/mol. The topological polar surface area (TPSA) is 127 Å². The molecule has 0 atom stereocenters. The first kappa shape index (κ1) is 16.1. The number of nitrogens with zero attached hydrogens (tertiary/aromatic N) is 4. The van der Waals surface area contributed by atoms with E-state index < -0.39 is 4.92 Å². The summed E-state index contributed by atoms with van der Waals surface area (Å²) in [5.41, 5.74) is 4.35. The van der Waals surface area contributed by atoms with Crippen molar-refractivity contribution >= 4 is 17.9 Å². The third kappa shape index (κ3) is 3.90. The first-order valence-corrected chi connectivity index (χ1v) is 6.48. The van der Waals surface area contributed by atoms with Crippen molar-refractivity contribution in [3.63, 3.8) is 0 Å². The molecule has 9 heteroatoms. The van der Waals surface area contributed by atoms with E-state index in [4.69, 9.17) is 9.15 Å². The van der Waals surface area contributed by atoms with Gasteiger partial charge in [-0.05, 0) is 19.1 Å². The van der Waals surface area contributed by atoms with E-state index in [1.165, 1.54) is 25.5 Å². The molecule has 0 radical (unpaired) electrons. The fourth-order valence-corrected chi connectivity index (χ4v) is 1.88. The highest BCUT2D eigenvalue weighted by Crippen LogP contribution is 2.19. The molecule has 0 unspecified atom stereocenters. The Balaban J connectivity index is 2.20. The van der Waals surface area contributed by atoms with Crippen LogP contribution in [0.5, 0.6) is 0 Å². The molecule has 2 aromatic heterocycles. The average molecular weight is 315 g/mol. The highest BCUT2D eigenvalue weighted by molar-refractivity contribution is 5.77. The lowest BCUT2D eigenvalue weighted by molar-refractivity contribution is -0.402. The molecule has 2 aromatic rings. The van der Waals surface area contributed by atoms with E-state index in [1.54, 1.807) is 13.0 Å². The summed E-state index contributed by atoms with van der Waals surface area (Å²) < 4.78 is 9.99. The summed E-state index contributed by atoms with van der Waals surface area (Å²) in [6.45, 7) is 2.06. The van der Waals surface area contributed by atoms with Gasteiger partial charge in [0.2, 0.25) is 0 Å². The van der Waals surface area contributed by atoms with Crippen molar-refractivity contribution in [3.05, 3.63) is 50.9 Å². The number of furan rings is 1. The van der Waals surface area contributed by atoms with E-state index in [0.29, 0.717) is 16.8 Å². The van der Waals surface area contributed by atoms with Gasteiger partial charge in [-0.3, -0.25) is 15.5 Å². The summed E-state index contributed by atoms with van der Waals surface area (Å²) in [6, 6.07) is 6.45. The molecule has 2 heterocycles. The molecule has 0 bridgehead atoms. The second kappa shape index (κ2) is 7.15. The number of hydrogen-bond acceptors (Lipinski definition) is 8. The molecule has 23 heavy (non-hydrogen) atoms. The smallest absolute Gasteiger partial charge is 0.400 e. The third-order valence-electron chi connectivity index (χ3n) is 2.80. The lowest BCUT2D eigenvalue weighted by Gasteiger charge is -2.08. The number of methoxy groups -OCH3 is 1. The Labute approximate surface area is 131 Å². The second-order valence-corrected chi connectivity index (χ2v) is 4.49. The summed E-state index contributed by atoms with van der Waals surface area (Å²) in [5, 5.41) is 23.7. The van der Waals surface area contributed by atoms with E-state index >= 15 is 0 Å². The maximum atomic E-state index is 10.5. The standard InChI is InChI=1S/C14H13N5O4/c1-9-5-10(8-22-2)12(6-15)14(17-9)18-16-7-11-3-4-13(23-11)19(20)21/h3-5,7H,8H2,1-2H3,(H,17,18)/b16-7+. The number of aromatic nitrogens is 1. The summed E-state index contributed by atoms with van der Waals surface area (Å²) >= 11 is 0. The van der Waals surface area contributed by atoms with Gasteiger partial charge in [0.1, 0.15) is 16.6 Å². The van der Waals surface area contributed by atoms with Crippen LogP contribution in [0.1, 0.15) is 22.6 Å². The molecule has 0 spiro atoms. The van der Waals surface area contributed by atoms with Gasteiger partial charge in [0.15, 0.2) is 11.6 Å². The molecule has 0 aromatic carbocycles. The van der Waals surface area contributed by atoms with Gasteiger partial charge in [-0.25, -0.2) is 4.98 Å². The Kier molecular flexibility index (Phi) is 5.01. The average Bonchev–Trinajstić information content (AvgIpc) is 2.96. The van der Waals surface area contributed by atoms with Crippen molar-refractivity contribution in [2.75, 3.05) is 12.5 Å². The molecule has 0 aliphatic heterocycles. The van der Waals surface area contributed by atoms with Gasteiger partial charge in [0.25, 0.3) is 0 Å². The fraction of sp³-hybridized carbons (Fsp3) is 0.214. The van der Waals surface area contributed by atoms with Crippen molar-refractivity contribution in [2.24, 2.45) is 5.10 Å². The van der Waals surface area contributed by atoms with Crippen LogP contribution in [0, 0.1) is 28.4 Å². The van der Waals surface area contributed by atoms with Gasteiger partial charge in [0.05, 0.1) is 18.9 Å². The van der Waals surface area contributed by atoms with Crippen LogP contribution in [0.3, 0.4) is 0 Å². The Morgan fingerprint density at radius 3 is 3.00 bits per heavy atom. The van der Waals surface area contributed by atoms with E-state index in [2.05, 4.69) is 21.6 Å². The molecule has 0 saturated heterocycles. The van der Waals surface area contributed by atoms with Gasteiger partial charge in [-0.1, -0.05) is 0 Å². The number of hydrogen-bond donors (Lipinski definition) is 1. The third-order valence-corrected chi connectivity index (χ3v) is 2.80. The van der Waals surface area contributed by atoms with Crippen LogP contribution in [-0.2, 0) is 11.3 Å². The van der Waals surface area contributed by atoms with Gasteiger partial charge < -0.3 is 9.15 Å². The Morgan fingerprint density at radius 1 is 1.61 bits per heavy atom. The van der Waals surface area contributed by atoms with Crippen molar-refractivity contribution in [1.82, 2.24) is 4.98 Å². The van der Waals surface area contributed by atoms with Gasteiger partial charge in [-0.15, -0.1) is 0 Å². The monoisotopic (exact) mass is 315 g/mol. The Bertz CT molecular complexity index is 791. The molecule has 2 rings (SSSR count). The molecule has 0 aliphatic rings. The summed E-state index contributed by atoms with van der Waals surface area (Å²) in [6.07, 6.45) is 1.26. The quantitative estimate of drug-likeness (QED) is 0.492. The zero-order valence-corrected chi connectivity index (χ0v) is 12.4. The van der Waals surface area contributed by atoms with E-state index in [-0.39, 0.29) is 24.1 Å². The van der Waals surface area contributed by atoms with Crippen molar-refractivity contribution < 1.29 is 14.1 Å². The molecule has 0 amide bonds. The minimum absolute atomic E-state index is 0.201. The minimum atomic E-state index is -0.641. The maximum absolute atomic E-state index is 10.5. The molecule has 9 nitrogen and oxygen atoms in total. The highest BCUT2D eigenvalue weighted by Gasteiger charge is 2.12. The zero-order valence-electron chi connectivity index (χ0n) is 12.4. The Morgan fingerprint density at radius 2 is 2.39 bits per heavy atom. The van der Waals surface area contributed by atoms with Crippen LogP contribution in [0.25, 0.3) is 0 Å². The number of nitrogens with one attached hydrogen (secondary N) is 1. The molecule has 0 saturated carbocycles. The number of pyridine rings is 1. The molecule has 0 fully saturated rings. The SMILES string of the molecule is COCc1cc(C)nc(N/N=C/c2ccc([N+](=O)[O-])o2)c1C#N. The number of anilines is 1. The number of nitriles is 1. The predicted octanol–water partition coefficient (Wildman–Crippen LogP) is 2.36. The van der Waals surface area contributed by atoms with Gasteiger partial charge in [0, 0.05) is 18.4 Å². The Hall–Kier alpha value is -3.25. The van der Waals surface area contributed by atoms with Gasteiger partial charge >= 0.3 is 5.88 Å². The van der Waals surface area contributed by atoms with Crippen LogP contribution >= 0.6 is 0 Å². The van der Waals surface area contributed by atoms with Crippen molar-refractivity contribution in [1.29, 1.82) is 5.26 Å². The molecular formula is C14H13N5O4. The first-order chi connectivity index (χ1) is 11.0. The zero-order chi connectivity index (χ0) is 16.8. The minimum Gasteiger partial charge on any atom is -0.400 e. The van der Waals surface area contributed by atoms with Gasteiger partial charge in [-0.2, -0.15) is 10.4 Å². The molecule has 1 N–H and O–H groups in total. The maximum Gasteiger partial charge on any atom is 0.433 e. The van der Waals surface area contributed by atoms with E-state index in [1.807, 2.05) is 0 Å². The summed E-state index contributed by atoms with van der Waals surface area (Å²) in [5.74, 6) is 0.101. The summed E-state index contributed by atoms with van der Waals surface area (Å²) in [4.78, 5) is 14.1. The first-order valence-electron chi connectivity index (χ1n) is 6.48. The van der Waals surface area contributed by atoms with Crippen LogP contribution in [0.4, 0.5) is 11.7 Å².